The second-order valence-electron chi connectivity index (χ2n) is 7.10. The van der Waals surface area contributed by atoms with Crippen molar-refractivity contribution in [3.05, 3.63) is 83.9 Å². The van der Waals surface area contributed by atoms with Gasteiger partial charge < -0.3 is 9.64 Å². The van der Waals surface area contributed by atoms with Gasteiger partial charge in [0.1, 0.15) is 12.7 Å². The topological polar surface area (TPSA) is 60.2 Å². The van der Waals surface area contributed by atoms with E-state index in [0.29, 0.717) is 25.2 Å². The molecule has 0 radical (unpaired) electrons. The van der Waals surface area contributed by atoms with Crippen LogP contribution in [-0.4, -0.2) is 44.8 Å². The van der Waals surface area contributed by atoms with Gasteiger partial charge in [-0.3, -0.25) is 4.79 Å². The number of hydrogen-bond donors (Lipinski definition) is 0. The van der Waals surface area contributed by atoms with Gasteiger partial charge >= 0.3 is 0 Å². The van der Waals surface area contributed by atoms with Gasteiger partial charge in [0.05, 0.1) is 12.6 Å². The number of ether oxygens (including phenoxy) is 1. The molecule has 1 amide bonds. The summed E-state index contributed by atoms with van der Waals surface area (Å²) in [4.78, 5) is 19.1. The van der Waals surface area contributed by atoms with Crippen LogP contribution in [0.1, 0.15) is 34.3 Å². The highest BCUT2D eigenvalue weighted by molar-refractivity contribution is 5.94. The van der Waals surface area contributed by atoms with Crippen LogP contribution in [0.3, 0.4) is 0 Å². The Bertz CT molecular complexity index is 873. The van der Waals surface area contributed by atoms with Gasteiger partial charge in [0, 0.05) is 25.3 Å². The highest BCUT2D eigenvalue weighted by atomic mass is 16.5. The molecule has 1 saturated heterocycles. The molecule has 6 heteroatoms. The van der Waals surface area contributed by atoms with Crippen molar-refractivity contribution < 1.29 is 9.53 Å². The molecule has 3 aromatic rings. The molecular formula is C22H24N4O2. The van der Waals surface area contributed by atoms with Gasteiger partial charge in [-0.15, -0.1) is 0 Å². The summed E-state index contributed by atoms with van der Waals surface area (Å²) in [7, 11) is 0. The molecule has 0 bridgehead atoms. The first-order valence-electron chi connectivity index (χ1n) is 9.64. The summed E-state index contributed by atoms with van der Waals surface area (Å²) in [6.07, 6.45) is 5.40. The second-order valence-corrected chi connectivity index (χ2v) is 7.10. The summed E-state index contributed by atoms with van der Waals surface area (Å²) < 4.78 is 7.54. The summed E-state index contributed by atoms with van der Waals surface area (Å²) >= 11 is 0. The molecular weight excluding hydrogens is 352 g/mol. The van der Waals surface area contributed by atoms with E-state index in [0.717, 1.165) is 30.6 Å². The Balaban J connectivity index is 1.48. The number of rotatable bonds is 7. The lowest BCUT2D eigenvalue weighted by atomic mass is 10.1. The molecule has 0 aliphatic carbocycles. The molecule has 1 aliphatic heterocycles. The number of amides is 1. The quantitative estimate of drug-likeness (QED) is 0.636. The maximum Gasteiger partial charge on any atom is 0.254 e. The van der Waals surface area contributed by atoms with Crippen LogP contribution in [0, 0.1) is 0 Å². The van der Waals surface area contributed by atoms with E-state index in [1.807, 2.05) is 47.4 Å². The summed E-state index contributed by atoms with van der Waals surface area (Å²) in [5, 5.41) is 4.12. The highest BCUT2D eigenvalue weighted by Crippen LogP contribution is 2.18. The molecule has 0 N–H and O–H groups in total. The molecule has 0 spiro atoms. The Hall–Kier alpha value is -2.99. The molecule has 144 valence electrons. The number of carbonyl (C=O) groups is 1. The van der Waals surface area contributed by atoms with Gasteiger partial charge in [-0.1, -0.05) is 42.5 Å². The van der Waals surface area contributed by atoms with E-state index in [1.54, 1.807) is 11.0 Å². The Labute approximate surface area is 164 Å². The molecule has 2 heterocycles. The van der Waals surface area contributed by atoms with Crippen LogP contribution in [0.5, 0.6) is 0 Å². The van der Waals surface area contributed by atoms with Crippen molar-refractivity contribution in [3.8, 4) is 0 Å². The fourth-order valence-corrected chi connectivity index (χ4v) is 3.49. The zero-order valence-electron chi connectivity index (χ0n) is 15.8. The Morgan fingerprint density at radius 3 is 2.61 bits per heavy atom. The van der Waals surface area contributed by atoms with Gasteiger partial charge in [-0.2, -0.15) is 5.10 Å². The van der Waals surface area contributed by atoms with Gasteiger partial charge in [-0.05, 0) is 36.1 Å². The lowest BCUT2D eigenvalue weighted by molar-refractivity contribution is 0.0507. The minimum Gasteiger partial charge on any atom is -0.376 e. The number of benzene rings is 2. The zero-order valence-corrected chi connectivity index (χ0v) is 15.8. The predicted octanol–water partition coefficient (Wildman–Crippen LogP) is 3.15. The van der Waals surface area contributed by atoms with Crippen molar-refractivity contribution in [1.82, 2.24) is 19.7 Å². The summed E-state index contributed by atoms with van der Waals surface area (Å²) in [5.41, 5.74) is 2.89. The molecule has 1 fully saturated rings. The van der Waals surface area contributed by atoms with Gasteiger partial charge in [0.25, 0.3) is 5.91 Å². The normalized spacial score (nSPS) is 16.2. The minimum atomic E-state index is 0.0339. The van der Waals surface area contributed by atoms with Crippen molar-refractivity contribution in [2.75, 3.05) is 13.2 Å². The third-order valence-electron chi connectivity index (χ3n) is 4.96. The predicted molar refractivity (Wildman–Crippen MR) is 106 cm³/mol. The summed E-state index contributed by atoms with van der Waals surface area (Å²) in [6, 6.07) is 17.8. The van der Waals surface area contributed by atoms with E-state index in [4.69, 9.17) is 4.74 Å². The number of aromatic nitrogens is 3. The van der Waals surface area contributed by atoms with E-state index < -0.39 is 0 Å². The summed E-state index contributed by atoms with van der Waals surface area (Å²) in [5.74, 6) is 0.0339. The molecule has 6 nitrogen and oxygen atoms in total. The third kappa shape index (κ3) is 4.64. The average molecular weight is 376 g/mol. The molecule has 4 rings (SSSR count). The minimum absolute atomic E-state index is 0.0339. The number of nitrogens with zero attached hydrogens (tertiary/aromatic N) is 4. The Morgan fingerprint density at radius 1 is 1.11 bits per heavy atom. The molecule has 1 aliphatic rings. The standard InChI is InChI=1S/C22H24N4O2/c27-22(20-10-8-19(9-11-20)14-26-17-23-16-24-26)25(15-21-7-4-12-28-21)13-18-5-2-1-3-6-18/h1-3,5-6,8-11,16-17,21H,4,7,12-15H2/t21-/m1/s1. The van der Waals surface area contributed by atoms with Crippen molar-refractivity contribution in [2.45, 2.75) is 32.0 Å². The van der Waals surface area contributed by atoms with Crippen molar-refractivity contribution >= 4 is 5.91 Å². The summed E-state index contributed by atoms with van der Waals surface area (Å²) in [6.45, 7) is 2.63. The fourth-order valence-electron chi connectivity index (χ4n) is 3.49. The largest absolute Gasteiger partial charge is 0.376 e. The molecule has 2 aromatic carbocycles. The third-order valence-corrected chi connectivity index (χ3v) is 4.96. The maximum absolute atomic E-state index is 13.2. The molecule has 1 atom stereocenters. The SMILES string of the molecule is O=C(c1ccc(Cn2cncn2)cc1)N(Cc1ccccc1)C[C@H]1CCCO1. The zero-order chi connectivity index (χ0) is 19.2. The van der Waals surface area contributed by atoms with Gasteiger partial charge in [0.2, 0.25) is 0 Å². The fraction of sp³-hybridized carbons (Fsp3) is 0.318. The smallest absolute Gasteiger partial charge is 0.254 e. The van der Waals surface area contributed by atoms with Crippen molar-refractivity contribution in [1.29, 1.82) is 0 Å². The van der Waals surface area contributed by atoms with Crippen LogP contribution in [0.15, 0.2) is 67.3 Å². The lowest BCUT2D eigenvalue weighted by Gasteiger charge is -2.26. The average Bonchev–Trinajstić information content (AvgIpc) is 3.43. The first-order chi connectivity index (χ1) is 13.8. The maximum atomic E-state index is 13.2. The Morgan fingerprint density at radius 2 is 1.93 bits per heavy atom. The molecule has 28 heavy (non-hydrogen) atoms. The molecule has 0 saturated carbocycles. The van der Waals surface area contributed by atoms with Gasteiger partial charge in [-0.25, -0.2) is 9.67 Å². The Kier molecular flexibility index (Phi) is 5.77. The molecule has 0 unspecified atom stereocenters. The number of hydrogen-bond acceptors (Lipinski definition) is 4. The first kappa shape index (κ1) is 18.4. The van der Waals surface area contributed by atoms with Crippen LogP contribution in [0.25, 0.3) is 0 Å². The monoisotopic (exact) mass is 376 g/mol. The van der Waals surface area contributed by atoms with Crippen molar-refractivity contribution in [3.63, 3.8) is 0 Å². The van der Waals surface area contributed by atoms with E-state index in [2.05, 4.69) is 22.2 Å². The van der Waals surface area contributed by atoms with Crippen LogP contribution in [0.2, 0.25) is 0 Å². The van der Waals surface area contributed by atoms with Crippen LogP contribution in [-0.2, 0) is 17.8 Å². The van der Waals surface area contributed by atoms with E-state index in [-0.39, 0.29) is 12.0 Å². The van der Waals surface area contributed by atoms with E-state index in [9.17, 15) is 4.79 Å². The number of carbonyl (C=O) groups excluding carboxylic acids is 1. The second kappa shape index (κ2) is 8.80. The van der Waals surface area contributed by atoms with E-state index in [1.165, 1.54) is 6.33 Å². The van der Waals surface area contributed by atoms with Crippen LogP contribution in [0.4, 0.5) is 0 Å². The van der Waals surface area contributed by atoms with Gasteiger partial charge in [0.15, 0.2) is 0 Å². The highest BCUT2D eigenvalue weighted by Gasteiger charge is 2.23. The molecule has 1 aromatic heterocycles. The van der Waals surface area contributed by atoms with Crippen LogP contribution >= 0.6 is 0 Å². The lowest BCUT2D eigenvalue weighted by Crippen LogP contribution is -2.37. The van der Waals surface area contributed by atoms with E-state index >= 15 is 0 Å². The first-order valence-corrected chi connectivity index (χ1v) is 9.64. The van der Waals surface area contributed by atoms with Crippen LogP contribution < -0.4 is 0 Å². The van der Waals surface area contributed by atoms with Crippen molar-refractivity contribution in [2.24, 2.45) is 0 Å².